The standard InChI is InChI=1S/C35H35N2/c1-3-5-24-36-30(28-18-10-14-26-16-12-22-32(36)34(26)28)20-8-7-9-21-31-29-19-11-15-27-17-13-23-33(35(27)29)37(31)25-6-4-2/h7-23H,3-6,24-25H2,1-2H3/q+1. The van der Waals surface area contributed by atoms with Crippen molar-refractivity contribution in [3.05, 3.63) is 108 Å². The highest BCUT2D eigenvalue weighted by atomic mass is 15.0. The van der Waals surface area contributed by atoms with E-state index in [1.807, 2.05) is 0 Å². The minimum atomic E-state index is 1.05. The van der Waals surface area contributed by atoms with E-state index >= 15 is 0 Å². The normalized spacial score (nSPS) is 14.2. The molecular weight excluding hydrogens is 448 g/mol. The van der Waals surface area contributed by atoms with Gasteiger partial charge in [0, 0.05) is 46.7 Å². The number of hydrogen-bond acceptors (Lipinski definition) is 0. The molecule has 0 radical (unpaired) electrons. The third kappa shape index (κ3) is 4.11. The molecule has 0 N–H and O–H groups in total. The number of rotatable bonds is 9. The Kier molecular flexibility index (Phi) is 6.49. The summed E-state index contributed by atoms with van der Waals surface area (Å²) in [5, 5.41) is 8.06. The average molecular weight is 484 g/mol. The summed E-state index contributed by atoms with van der Waals surface area (Å²) in [5.74, 6) is 0. The Morgan fingerprint density at radius 2 is 1.46 bits per heavy atom. The van der Waals surface area contributed by atoms with Gasteiger partial charge in [0.25, 0.3) is 0 Å². The summed E-state index contributed by atoms with van der Waals surface area (Å²) >= 11 is 0. The van der Waals surface area contributed by atoms with Crippen molar-refractivity contribution in [2.75, 3.05) is 6.54 Å². The fourth-order valence-corrected chi connectivity index (χ4v) is 5.90. The van der Waals surface area contributed by atoms with Crippen LogP contribution >= 0.6 is 0 Å². The van der Waals surface area contributed by atoms with E-state index in [-0.39, 0.29) is 0 Å². The van der Waals surface area contributed by atoms with Gasteiger partial charge in [-0.25, -0.2) is 0 Å². The maximum absolute atomic E-state index is 2.50. The molecular formula is C35H35N2+. The lowest BCUT2D eigenvalue weighted by Gasteiger charge is -2.05. The zero-order chi connectivity index (χ0) is 25.2. The first-order chi connectivity index (χ1) is 18.3. The van der Waals surface area contributed by atoms with Crippen LogP contribution in [0.3, 0.4) is 0 Å². The van der Waals surface area contributed by atoms with E-state index < -0.39 is 0 Å². The molecule has 37 heavy (non-hydrogen) atoms. The number of hydrogen-bond donors (Lipinski definition) is 0. The SMILES string of the molecule is CCCCn1\c(=C/C=C/C=C/C2=[N+](CCCC)c3cccc4cccc2c34)c2cccc3cccc1c32. The summed E-state index contributed by atoms with van der Waals surface area (Å²) in [7, 11) is 0. The molecule has 0 saturated heterocycles. The Labute approximate surface area is 219 Å². The highest BCUT2D eigenvalue weighted by Crippen LogP contribution is 2.35. The summed E-state index contributed by atoms with van der Waals surface area (Å²) in [5.41, 5.74) is 5.34. The van der Waals surface area contributed by atoms with Crippen LogP contribution in [-0.2, 0) is 6.54 Å². The molecule has 0 amide bonds. The molecule has 0 unspecified atom stereocenters. The highest BCUT2D eigenvalue weighted by Gasteiger charge is 2.29. The number of benzene rings is 4. The Morgan fingerprint density at radius 1 is 0.730 bits per heavy atom. The van der Waals surface area contributed by atoms with E-state index in [0.717, 1.165) is 13.1 Å². The van der Waals surface area contributed by atoms with Crippen LogP contribution in [0.1, 0.15) is 45.1 Å². The van der Waals surface area contributed by atoms with E-state index in [0.29, 0.717) is 0 Å². The molecule has 0 atom stereocenters. The lowest BCUT2D eigenvalue weighted by molar-refractivity contribution is -0.436. The fourth-order valence-electron chi connectivity index (χ4n) is 5.90. The molecule has 0 bridgehead atoms. The first-order valence-corrected chi connectivity index (χ1v) is 13.8. The zero-order valence-electron chi connectivity index (χ0n) is 22.0. The van der Waals surface area contributed by atoms with Crippen LogP contribution < -0.4 is 5.35 Å². The molecule has 0 aliphatic carbocycles. The van der Waals surface area contributed by atoms with Gasteiger partial charge in [-0.1, -0.05) is 99.5 Å². The van der Waals surface area contributed by atoms with E-state index in [2.05, 4.69) is 126 Å². The van der Waals surface area contributed by atoms with Crippen LogP contribution in [0.5, 0.6) is 0 Å². The Bertz CT molecular complexity index is 1730. The van der Waals surface area contributed by atoms with E-state index in [1.165, 1.54) is 80.4 Å². The van der Waals surface area contributed by atoms with Gasteiger partial charge in [0.1, 0.15) is 6.54 Å². The minimum Gasteiger partial charge on any atom is -0.340 e. The quantitative estimate of drug-likeness (QED) is 0.147. The van der Waals surface area contributed by atoms with Crippen molar-refractivity contribution >= 4 is 49.9 Å². The van der Waals surface area contributed by atoms with Gasteiger partial charge < -0.3 is 4.57 Å². The molecule has 0 fully saturated rings. The van der Waals surface area contributed by atoms with Crippen molar-refractivity contribution in [2.45, 2.75) is 46.1 Å². The Hall–Kier alpha value is -3.91. The minimum absolute atomic E-state index is 1.05. The van der Waals surface area contributed by atoms with Crippen molar-refractivity contribution in [2.24, 2.45) is 0 Å². The maximum atomic E-state index is 2.50. The van der Waals surface area contributed by atoms with Crippen LogP contribution in [-0.4, -0.2) is 21.4 Å². The molecule has 2 heteroatoms. The molecule has 6 rings (SSSR count). The predicted octanol–water partition coefficient (Wildman–Crippen LogP) is 8.31. The monoisotopic (exact) mass is 483 g/mol. The second-order valence-corrected chi connectivity index (χ2v) is 10.1. The van der Waals surface area contributed by atoms with Gasteiger partial charge in [-0.15, -0.1) is 0 Å². The van der Waals surface area contributed by atoms with Crippen molar-refractivity contribution in [1.82, 2.24) is 4.57 Å². The van der Waals surface area contributed by atoms with Gasteiger partial charge in [-0.3, -0.25) is 0 Å². The molecule has 1 aliphatic heterocycles. The first kappa shape index (κ1) is 23.5. The lowest BCUT2D eigenvalue weighted by atomic mass is 10.0. The predicted molar refractivity (Wildman–Crippen MR) is 160 cm³/mol. The molecule has 0 spiro atoms. The molecule has 184 valence electrons. The van der Waals surface area contributed by atoms with Gasteiger partial charge in [-0.05, 0) is 35.4 Å². The van der Waals surface area contributed by atoms with Crippen LogP contribution in [0, 0.1) is 0 Å². The molecule has 1 aromatic heterocycles. The average Bonchev–Trinajstić information content (AvgIpc) is 3.41. The van der Waals surface area contributed by atoms with Crippen molar-refractivity contribution in [1.29, 1.82) is 0 Å². The second-order valence-electron chi connectivity index (χ2n) is 10.1. The number of nitrogens with zero attached hydrogens (tertiary/aromatic N) is 2. The summed E-state index contributed by atoms with van der Waals surface area (Å²) in [6.07, 6.45) is 15.9. The van der Waals surface area contributed by atoms with Gasteiger partial charge in [0.05, 0.1) is 10.9 Å². The molecule has 1 aliphatic rings. The number of aromatic nitrogens is 1. The zero-order valence-corrected chi connectivity index (χ0v) is 22.0. The molecule has 0 saturated carbocycles. The maximum Gasteiger partial charge on any atom is 0.214 e. The fraction of sp³-hybridized carbons (Fsp3) is 0.229. The molecule has 4 aromatic carbocycles. The van der Waals surface area contributed by atoms with Gasteiger partial charge >= 0.3 is 0 Å². The van der Waals surface area contributed by atoms with Crippen LogP contribution in [0.15, 0.2) is 97.1 Å². The van der Waals surface area contributed by atoms with Crippen molar-refractivity contribution in [3.8, 4) is 0 Å². The van der Waals surface area contributed by atoms with Crippen LogP contribution in [0.25, 0.3) is 38.5 Å². The lowest BCUT2D eigenvalue weighted by Crippen LogP contribution is -2.16. The summed E-state index contributed by atoms with van der Waals surface area (Å²) < 4.78 is 5.01. The molecule has 2 heterocycles. The van der Waals surface area contributed by atoms with Gasteiger partial charge in [0.15, 0.2) is 0 Å². The van der Waals surface area contributed by atoms with Crippen LogP contribution in [0.2, 0.25) is 0 Å². The summed E-state index contributed by atoms with van der Waals surface area (Å²) in [6.45, 7) is 6.63. The van der Waals surface area contributed by atoms with E-state index in [1.54, 1.807) is 0 Å². The molecule has 5 aromatic rings. The van der Waals surface area contributed by atoms with E-state index in [4.69, 9.17) is 0 Å². The molecule has 2 nitrogen and oxygen atoms in total. The van der Waals surface area contributed by atoms with E-state index in [9.17, 15) is 0 Å². The van der Waals surface area contributed by atoms with Gasteiger partial charge in [-0.2, -0.15) is 4.58 Å². The Morgan fingerprint density at radius 3 is 2.27 bits per heavy atom. The largest absolute Gasteiger partial charge is 0.340 e. The number of aryl methyl sites for hydroxylation is 1. The topological polar surface area (TPSA) is 7.94 Å². The summed E-state index contributed by atoms with van der Waals surface area (Å²) in [6, 6.07) is 26.7. The van der Waals surface area contributed by atoms with Gasteiger partial charge in [0.2, 0.25) is 11.4 Å². The third-order valence-corrected chi connectivity index (χ3v) is 7.68. The van der Waals surface area contributed by atoms with Crippen molar-refractivity contribution < 1.29 is 4.58 Å². The third-order valence-electron chi connectivity index (χ3n) is 7.68. The highest BCUT2D eigenvalue weighted by molar-refractivity contribution is 6.19. The summed E-state index contributed by atoms with van der Waals surface area (Å²) in [4.78, 5) is 0. The van der Waals surface area contributed by atoms with Crippen molar-refractivity contribution in [3.63, 3.8) is 0 Å². The van der Waals surface area contributed by atoms with Crippen LogP contribution in [0.4, 0.5) is 5.69 Å². The number of unbranched alkanes of at least 4 members (excludes halogenated alkanes) is 2. The smallest absolute Gasteiger partial charge is 0.214 e. The Balaban J connectivity index is 1.38. The first-order valence-electron chi connectivity index (χ1n) is 13.8. The number of allylic oxidation sites excluding steroid dienone is 4. The second kappa shape index (κ2) is 10.2.